The van der Waals surface area contributed by atoms with Crippen molar-refractivity contribution in [3.63, 3.8) is 0 Å². The number of nitrogens with zero attached hydrogens (tertiary/aromatic N) is 2. The largest absolute Gasteiger partial charge is 0.477 e. The molecule has 0 bridgehead atoms. The molecule has 0 saturated heterocycles. The molecule has 0 unspecified atom stereocenters. The van der Waals surface area contributed by atoms with Gasteiger partial charge in [0.05, 0.1) is 5.56 Å². The van der Waals surface area contributed by atoms with Crippen LogP contribution in [0.25, 0.3) is 0 Å². The highest BCUT2D eigenvalue weighted by Crippen LogP contribution is 2.36. The molecule has 140 valence electrons. The number of aromatic carboxylic acids is 1. The Bertz CT molecular complexity index is 862. The molecule has 0 aliphatic rings. The van der Waals surface area contributed by atoms with Crippen molar-refractivity contribution in [2.75, 3.05) is 0 Å². The first-order valence-electron chi connectivity index (χ1n) is 6.86. The van der Waals surface area contributed by atoms with Crippen LogP contribution in [-0.4, -0.2) is 21.3 Å². The minimum absolute atomic E-state index is 0.0180. The number of hydrogen-bond acceptors (Lipinski definition) is 4. The van der Waals surface area contributed by atoms with Gasteiger partial charge in [-0.1, -0.05) is 0 Å². The first-order valence-corrected chi connectivity index (χ1v) is 6.86. The molecule has 1 heterocycles. The molecule has 0 saturated carbocycles. The Balaban J connectivity index is 2.51. The van der Waals surface area contributed by atoms with Crippen molar-refractivity contribution in [3.8, 4) is 11.6 Å². The summed E-state index contributed by atoms with van der Waals surface area (Å²) >= 11 is 0. The maximum Gasteiger partial charge on any atom is 0.435 e. The van der Waals surface area contributed by atoms with E-state index in [-0.39, 0.29) is 11.3 Å². The number of rotatable bonds is 3. The second-order valence-corrected chi connectivity index (χ2v) is 5.24. The zero-order valence-electron chi connectivity index (χ0n) is 13.2. The van der Waals surface area contributed by atoms with E-state index in [2.05, 4.69) is 10.2 Å². The minimum atomic E-state index is -4.93. The van der Waals surface area contributed by atoms with Gasteiger partial charge in [0.15, 0.2) is 5.69 Å². The van der Waals surface area contributed by atoms with Crippen molar-refractivity contribution < 1.29 is 41.0 Å². The Kier molecular flexibility index (Phi) is 4.84. The first-order chi connectivity index (χ1) is 11.8. The minimum Gasteiger partial charge on any atom is -0.477 e. The van der Waals surface area contributed by atoms with Gasteiger partial charge in [0.25, 0.3) is 5.88 Å². The normalized spacial score (nSPS) is 12.2. The lowest BCUT2D eigenvalue weighted by atomic mass is 10.1. The molecule has 26 heavy (non-hydrogen) atoms. The number of benzene rings is 1. The molecule has 0 aliphatic carbocycles. The molecular formula is C15H10F6N2O3. The number of carboxylic acids is 1. The molecule has 1 aromatic carbocycles. The summed E-state index contributed by atoms with van der Waals surface area (Å²) in [4.78, 5) is 11.3. The van der Waals surface area contributed by atoms with E-state index < -0.39 is 46.6 Å². The average molecular weight is 380 g/mol. The van der Waals surface area contributed by atoms with Crippen LogP contribution in [0.1, 0.15) is 32.7 Å². The predicted molar refractivity (Wildman–Crippen MR) is 75.0 cm³/mol. The predicted octanol–water partition coefficient (Wildman–Crippen LogP) is 4.62. The lowest BCUT2D eigenvalue weighted by molar-refractivity contribution is -0.142. The van der Waals surface area contributed by atoms with Crippen LogP contribution in [-0.2, 0) is 12.4 Å². The van der Waals surface area contributed by atoms with E-state index in [0.717, 1.165) is 19.1 Å². The number of hydrogen-bond donors (Lipinski definition) is 1. The van der Waals surface area contributed by atoms with Crippen molar-refractivity contribution in [2.45, 2.75) is 26.2 Å². The molecule has 1 N–H and O–H groups in total. The van der Waals surface area contributed by atoms with Gasteiger partial charge in [-0.05, 0) is 37.6 Å². The quantitative estimate of drug-likeness (QED) is 0.787. The third kappa shape index (κ3) is 3.86. The second-order valence-electron chi connectivity index (χ2n) is 5.24. The SMILES string of the molecule is Cc1cc(C(F)(F)F)ccc1Oc1nnc(C(F)(F)F)c(C)c1C(=O)O. The molecular weight excluding hydrogens is 370 g/mol. The molecule has 1 aromatic heterocycles. The van der Waals surface area contributed by atoms with Crippen LogP contribution >= 0.6 is 0 Å². The van der Waals surface area contributed by atoms with Crippen molar-refractivity contribution in [3.05, 3.63) is 46.1 Å². The Morgan fingerprint density at radius 1 is 1.04 bits per heavy atom. The number of halogens is 6. The Labute approximate surface area is 142 Å². The fourth-order valence-corrected chi connectivity index (χ4v) is 2.14. The fraction of sp³-hybridized carbons (Fsp3) is 0.267. The van der Waals surface area contributed by atoms with E-state index >= 15 is 0 Å². The van der Waals surface area contributed by atoms with Gasteiger partial charge in [0, 0.05) is 5.56 Å². The molecule has 0 fully saturated rings. The smallest absolute Gasteiger partial charge is 0.435 e. The lowest BCUT2D eigenvalue weighted by Crippen LogP contribution is -2.17. The molecule has 2 rings (SSSR count). The lowest BCUT2D eigenvalue weighted by Gasteiger charge is -2.15. The second kappa shape index (κ2) is 6.46. The third-order valence-corrected chi connectivity index (χ3v) is 3.38. The topological polar surface area (TPSA) is 72.3 Å². The molecule has 0 amide bonds. The van der Waals surface area contributed by atoms with E-state index in [4.69, 9.17) is 4.74 Å². The van der Waals surface area contributed by atoms with E-state index in [1.165, 1.54) is 6.92 Å². The van der Waals surface area contributed by atoms with Gasteiger partial charge in [-0.15, -0.1) is 10.2 Å². The molecule has 11 heteroatoms. The van der Waals surface area contributed by atoms with Gasteiger partial charge < -0.3 is 9.84 Å². The highest BCUT2D eigenvalue weighted by molar-refractivity contribution is 5.92. The van der Waals surface area contributed by atoms with Gasteiger partial charge in [-0.25, -0.2) is 4.79 Å². The zero-order chi connectivity index (χ0) is 19.9. The Morgan fingerprint density at radius 2 is 1.65 bits per heavy atom. The standard InChI is InChI=1S/C15H10F6N2O3/c1-6-5-8(14(16,17)18)3-4-9(6)26-12-10(13(24)25)7(2)11(22-23-12)15(19,20)21/h3-5H,1-2H3,(H,24,25). The molecule has 0 radical (unpaired) electrons. The summed E-state index contributed by atoms with van der Waals surface area (Å²) in [6, 6.07) is 2.35. The number of carbonyl (C=O) groups is 1. The summed E-state index contributed by atoms with van der Waals surface area (Å²) < 4.78 is 81.6. The summed E-state index contributed by atoms with van der Waals surface area (Å²) in [6.07, 6.45) is -9.52. The third-order valence-electron chi connectivity index (χ3n) is 3.38. The number of carboxylic acid groups (broad SMARTS) is 1. The number of ether oxygens (including phenoxy) is 1. The van der Waals surface area contributed by atoms with Gasteiger partial charge in [-0.2, -0.15) is 26.3 Å². The van der Waals surface area contributed by atoms with E-state index in [0.29, 0.717) is 6.07 Å². The zero-order valence-corrected chi connectivity index (χ0v) is 13.2. The Hall–Kier alpha value is -2.85. The van der Waals surface area contributed by atoms with Crippen LogP contribution in [0.3, 0.4) is 0 Å². The van der Waals surface area contributed by atoms with Gasteiger partial charge in [0.1, 0.15) is 11.3 Å². The van der Waals surface area contributed by atoms with Crippen LogP contribution in [0.15, 0.2) is 18.2 Å². The highest BCUT2D eigenvalue weighted by Gasteiger charge is 2.38. The molecule has 0 atom stereocenters. The molecule has 5 nitrogen and oxygen atoms in total. The van der Waals surface area contributed by atoms with Gasteiger partial charge in [-0.3, -0.25) is 0 Å². The van der Waals surface area contributed by atoms with Crippen LogP contribution in [0.5, 0.6) is 11.6 Å². The molecule has 0 spiro atoms. The van der Waals surface area contributed by atoms with Crippen LogP contribution in [0, 0.1) is 13.8 Å². The van der Waals surface area contributed by atoms with Crippen molar-refractivity contribution in [1.82, 2.24) is 10.2 Å². The van der Waals surface area contributed by atoms with Crippen molar-refractivity contribution in [2.24, 2.45) is 0 Å². The maximum absolute atomic E-state index is 12.8. The van der Waals surface area contributed by atoms with E-state index in [1.807, 2.05) is 0 Å². The van der Waals surface area contributed by atoms with Gasteiger partial charge >= 0.3 is 18.3 Å². The van der Waals surface area contributed by atoms with Crippen molar-refractivity contribution in [1.29, 1.82) is 0 Å². The maximum atomic E-state index is 12.8. The molecule has 2 aromatic rings. The van der Waals surface area contributed by atoms with Crippen LogP contribution in [0.4, 0.5) is 26.3 Å². The molecule has 0 aliphatic heterocycles. The monoisotopic (exact) mass is 380 g/mol. The number of aryl methyl sites for hydroxylation is 1. The van der Waals surface area contributed by atoms with E-state index in [9.17, 15) is 36.2 Å². The number of alkyl halides is 6. The first kappa shape index (κ1) is 19.5. The fourth-order valence-electron chi connectivity index (χ4n) is 2.14. The Morgan fingerprint density at radius 3 is 2.12 bits per heavy atom. The van der Waals surface area contributed by atoms with Crippen LogP contribution in [0.2, 0.25) is 0 Å². The summed E-state index contributed by atoms with van der Waals surface area (Å²) in [5.41, 5.74) is -4.08. The van der Waals surface area contributed by atoms with E-state index in [1.54, 1.807) is 0 Å². The van der Waals surface area contributed by atoms with Crippen LogP contribution < -0.4 is 4.74 Å². The summed E-state index contributed by atoms with van der Waals surface area (Å²) in [6.45, 7) is 2.14. The number of aromatic nitrogens is 2. The average Bonchev–Trinajstić information content (AvgIpc) is 2.46. The summed E-state index contributed by atoms with van der Waals surface area (Å²) in [7, 11) is 0. The highest BCUT2D eigenvalue weighted by atomic mass is 19.4. The summed E-state index contributed by atoms with van der Waals surface area (Å²) in [5, 5.41) is 15.2. The van der Waals surface area contributed by atoms with Crippen molar-refractivity contribution >= 4 is 5.97 Å². The summed E-state index contributed by atoms with van der Waals surface area (Å²) in [5.74, 6) is -2.71. The van der Waals surface area contributed by atoms with Gasteiger partial charge in [0.2, 0.25) is 0 Å².